The van der Waals surface area contributed by atoms with Gasteiger partial charge in [-0.05, 0) is 24.6 Å². The molecule has 26 heavy (non-hydrogen) atoms. The minimum atomic E-state index is -4.79. The molecule has 0 radical (unpaired) electrons. The number of rotatable bonds is 6. The van der Waals surface area contributed by atoms with Crippen LogP contribution in [0.5, 0.6) is 5.75 Å². The van der Waals surface area contributed by atoms with Gasteiger partial charge >= 0.3 is 6.18 Å². The lowest BCUT2D eigenvalue weighted by Crippen LogP contribution is -2.07. The van der Waals surface area contributed by atoms with Crippen LogP contribution in [0, 0.1) is 11.6 Å². The molecule has 0 amide bonds. The Hall–Kier alpha value is -1.89. The van der Waals surface area contributed by atoms with Crippen molar-refractivity contribution in [2.24, 2.45) is 0 Å². The van der Waals surface area contributed by atoms with Crippen LogP contribution < -0.4 is 4.74 Å². The maximum absolute atomic E-state index is 14.7. The molecule has 1 aromatic heterocycles. The van der Waals surface area contributed by atoms with E-state index < -0.39 is 23.4 Å². The summed E-state index contributed by atoms with van der Waals surface area (Å²) < 4.78 is 73.0. The molecule has 0 saturated carbocycles. The van der Waals surface area contributed by atoms with Crippen molar-refractivity contribution in [1.82, 2.24) is 0 Å². The molecular weight excluding hydrogens is 371 g/mol. The number of unbranched alkanes of at least 4 members (excludes halogenated alkanes) is 3. The molecule has 7 heteroatoms. The zero-order chi connectivity index (χ0) is 18.9. The molecule has 0 aliphatic heterocycles. The van der Waals surface area contributed by atoms with Gasteiger partial charge in [-0.1, -0.05) is 32.3 Å². The van der Waals surface area contributed by atoms with Gasteiger partial charge < -0.3 is 4.74 Å². The van der Waals surface area contributed by atoms with Crippen molar-refractivity contribution in [3.63, 3.8) is 0 Å². The van der Waals surface area contributed by atoms with Crippen LogP contribution >= 0.6 is 11.3 Å². The Morgan fingerprint density at radius 2 is 1.54 bits per heavy atom. The highest BCUT2D eigenvalue weighted by Crippen LogP contribution is 2.43. The van der Waals surface area contributed by atoms with Gasteiger partial charge in [0.05, 0.1) is 21.6 Å². The van der Waals surface area contributed by atoms with Crippen LogP contribution in [-0.4, -0.2) is 6.61 Å². The summed E-state index contributed by atoms with van der Waals surface area (Å²) in [5.74, 6) is -1.98. The highest BCUT2D eigenvalue weighted by molar-refractivity contribution is 7.25. The van der Waals surface area contributed by atoms with Crippen molar-refractivity contribution < 1.29 is 26.7 Å². The average molecular weight is 388 g/mol. The smallest absolute Gasteiger partial charge is 0.419 e. The van der Waals surface area contributed by atoms with Gasteiger partial charge in [0.15, 0.2) is 17.4 Å². The first-order valence-electron chi connectivity index (χ1n) is 8.37. The summed E-state index contributed by atoms with van der Waals surface area (Å²) in [6.45, 7) is 2.44. The normalized spacial score (nSPS) is 12.2. The molecule has 0 spiro atoms. The van der Waals surface area contributed by atoms with E-state index in [0.717, 1.165) is 25.7 Å². The minimum absolute atomic E-state index is 0.0389. The second-order valence-corrected chi connectivity index (χ2v) is 7.09. The first-order chi connectivity index (χ1) is 12.3. The van der Waals surface area contributed by atoms with E-state index in [1.54, 1.807) is 6.07 Å². The maximum Gasteiger partial charge on any atom is 0.419 e. The molecule has 0 fully saturated rings. The third-order valence-corrected chi connectivity index (χ3v) is 5.42. The fourth-order valence-corrected chi connectivity index (χ4v) is 4.03. The van der Waals surface area contributed by atoms with Crippen LogP contribution in [0.1, 0.15) is 38.2 Å². The SMILES string of the molecule is CCCCCCOc1ccc2c(sc3c(F)c(C(F)(F)F)ccc32)c1F. The Kier molecular flexibility index (Phi) is 5.37. The zero-order valence-corrected chi connectivity index (χ0v) is 14.9. The summed E-state index contributed by atoms with van der Waals surface area (Å²) in [6.07, 6.45) is -0.870. The number of halogens is 5. The van der Waals surface area contributed by atoms with Crippen LogP contribution in [-0.2, 0) is 6.18 Å². The van der Waals surface area contributed by atoms with Crippen molar-refractivity contribution in [2.45, 2.75) is 38.8 Å². The fraction of sp³-hybridized carbons (Fsp3) is 0.368. The Labute approximate surface area is 151 Å². The lowest BCUT2D eigenvalue weighted by molar-refractivity contribution is -0.139. The topological polar surface area (TPSA) is 9.23 Å². The second kappa shape index (κ2) is 7.39. The highest BCUT2D eigenvalue weighted by Gasteiger charge is 2.35. The molecule has 3 rings (SSSR count). The monoisotopic (exact) mass is 388 g/mol. The Bertz CT molecular complexity index is 929. The van der Waals surface area contributed by atoms with E-state index in [0.29, 0.717) is 29.4 Å². The van der Waals surface area contributed by atoms with Crippen LogP contribution in [0.3, 0.4) is 0 Å². The van der Waals surface area contributed by atoms with Gasteiger partial charge in [0.1, 0.15) is 0 Å². The van der Waals surface area contributed by atoms with E-state index in [4.69, 9.17) is 4.74 Å². The lowest BCUT2D eigenvalue weighted by Gasteiger charge is -2.08. The van der Waals surface area contributed by atoms with Crippen LogP contribution in [0.4, 0.5) is 22.0 Å². The standard InChI is InChI=1S/C19H17F5OS/c1-2-3-4-5-10-25-14-9-7-12-11-6-8-13(19(22,23)24)15(20)17(11)26-18(12)16(14)21/h6-9H,2-5,10H2,1H3. The second-order valence-electron chi connectivity index (χ2n) is 6.07. The van der Waals surface area contributed by atoms with Crippen LogP contribution in [0.2, 0.25) is 0 Å². The first-order valence-corrected chi connectivity index (χ1v) is 9.19. The summed E-state index contributed by atoms with van der Waals surface area (Å²) >= 11 is 0.677. The number of fused-ring (bicyclic) bond motifs is 3. The molecular formula is C19H17F5OS. The van der Waals surface area contributed by atoms with Gasteiger partial charge in [0.2, 0.25) is 0 Å². The van der Waals surface area contributed by atoms with Gasteiger partial charge in [-0.25, -0.2) is 8.78 Å². The lowest BCUT2D eigenvalue weighted by atomic mass is 10.1. The van der Waals surface area contributed by atoms with E-state index >= 15 is 0 Å². The molecule has 3 aromatic rings. The van der Waals surface area contributed by atoms with E-state index in [1.165, 1.54) is 12.1 Å². The highest BCUT2D eigenvalue weighted by atomic mass is 32.1. The summed E-state index contributed by atoms with van der Waals surface area (Å²) in [6, 6.07) is 4.88. The molecule has 1 heterocycles. The molecule has 0 aliphatic carbocycles. The molecule has 0 bridgehead atoms. The molecule has 140 valence electrons. The Balaban J connectivity index is 1.98. The van der Waals surface area contributed by atoms with Crippen molar-refractivity contribution in [3.05, 3.63) is 41.5 Å². The molecule has 0 N–H and O–H groups in total. The zero-order valence-electron chi connectivity index (χ0n) is 14.1. The van der Waals surface area contributed by atoms with Crippen molar-refractivity contribution in [1.29, 1.82) is 0 Å². The Morgan fingerprint density at radius 3 is 2.19 bits per heavy atom. The largest absolute Gasteiger partial charge is 0.490 e. The maximum atomic E-state index is 14.7. The van der Waals surface area contributed by atoms with Gasteiger partial charge in [-0.2, -0.15) is 13.2 Å². The molecule has 0 saturated heterocycles. The van der Waals surface area contributed by atoms with Gasteiger partial charge in [-0.3, -0.25) is 0 Å². The van der Waals surface area contributed by atoms with E-state index in [2.05, 4.69) is 6.92 Å². The predicted molar refractivity (Wildman–Crippen MR) is 93.9 cm³/mol. The van der Waals surface area contributed by atoms with Crippen molar-refractivity contribution in [2.75, 3.05) is 6.61 Å². The third kappa shape index (κ3) is 3.49. The number of benzene rings is 2. The quantitative estimate of drug-likeness (QED) is 0.318. The number of hydrogen-bond acceptors (Lipinski definition) is 2. The Morgan fingerprint density at radius 1 is 0.885 bits per heavy atom. The summed E-state index contributed by atoms with van der Waals surface area (Å²) in [5.41, 5.74) is -1.34. The number of hydrogen-bond donors (Lipinski definition) is 0. The average Bonchev–Trinajstić information content (AvgIpc) is 2.96. The first kappa shape index (κ1) is 18.9. The summed E-state index contributed by atoms with van der Waals surface area (Å²) in [7, 11) is 0. The van der Waals surface area contributed by atoms with E-state index in [9.17, 15) is 22.0 Å². The molecule has 1 nitrogen and oxygen atoms in total. The fourth-order valence-electron chi connectivity index (χ4n) is 2.86. The van der Waals surface area contributed by atoms with Gasteiger partial charge in [0.25, 0.3) is 0 Å². The van der Waals surface area contributed by atoms with Crippen LogP contribution in [0.15, 0.2) is 24.3 Å². The molecule has 2 aromatic carbocycles. The van der Waals surface area contributed by atoms with E-state index in [-0.39, 0.29) is 20.5 Å². The summed E-state index contributed by atoms with van der Waals surface area (Å²) in [5, 5.41) is 0.650. The molecule has 0 atom stereocenters. The summed E-state index contributed by atoms with van der Waals surface area (Å²) in [4.78, 5) is 0. The van der Waals surface area contributed by atoms with Gasteiger partial charge in [0, 0.05) is 10.8 Å². The number of thiophene rings is 1. The minimum Gasteiger partial charge on any atom is -0.490 e. The number of ether oxygens (including phenoxy) is 1. The molecule has 0 aliphatic rings. The van der Waals surface area contributed by atoms with Gasteiger partial charge in [-0.15, -0.1) is 11.3 Å². The van der Waals surface area contributed by atoms with E-state index in [1.807, 2.05) is 0 Å². The predicted octanol–water partition coefficient (Wildman–Crippen LogP) is 7.31. The van der Waals surface area contributed by atoms with Crippen molar-refractivity contribution in [3.8, 4) is 5.75 Å². The molecule has 0 unspecified atom stereocenters. The number of alkyl halides is 3. The third-order valence-electron chi connectivity index (χ3n) is 4.21. The van der Waals surface area contributed by atoms with Crippen LogP contribution in [0.25, 0.3) is 20.2 Å². The van der Waals surface area contributed by atoms with Crippen molar-refractivity contribution >= 4 is 31.5 Å².